The molecule has 2 rings (SSSR count). The summed E-state index contributed by atoms with van der Waals surface area (Å²) in [6.07, 6.45) is 2.02. The molecule has 6 heteroatoms. The van der Waals surface area contributed by atoms with Crippen LogP contribution in [0.2, 0.25) is 0 Å². The van der Waals surface area contributed by atoms with E-state index in [1.807, 2.05) is 0 Å². The Balaban J connectivity index is 2.26. The Bertz CT molecular complexity index is 492. The van der Waals surface area contributed by atoms with Crippen LogP contribution in [-0.2, 0) is 0 Å². The predicted molar refractivity (Wildman–Crippen MR) is 70.9 cm³/mol. The second-order valence-electron chi connectivity index (χ2n) is 5.47. The van der Waals surface area contributed by atoms with Gasteiger partial charge in [-0.25, -0.2) is 0 Å². The van der Waals surface area contributed by atoms with Gasteiger partial charge in [0.2, 0.25) is 0 Å². The first-order chi connectivity index (χ1) is 9.45. The van der Waals surface area contributed by atoms with E-state index in [4.69, 9.17) is 0 Å². The van der Waals surface area contributed by atoms with Crippen molar-refractivity contribution in [1.82, 2.24) is 4.90 Å². The van der Waals surface area contributed by atoms with Gasteiger partial charge in [-0.3, -0.25) is 4.79 Å². The molecular weight excluding hydrogens is 260 g/mol. The highest BCUT2D eigenvalue weighted by atomic mass is 16.3. The molecule has 3 N–H and O–H groups in total. The molecule has 1 aromatic rings. The molecule has 0 spiro atoms. The zero-order valence-electron chi connectivity index (χ0n) is 11.7. The van der Waals surface area contributed by atoms with E-state index < -0.39 is 12.2 Å². The molecule has 1 aliphatic carbocycles. The van der Waals surface area contributed by atoms with Crippen molar-refractivity contribution in [2.45, 2.75) is 24.7 Å². The highest BCUT2D eigenvalue weighted by Crippen LogP contribution is 2.31. The minimum atomic E-state index is -0.943. The summed E-state index contributed by atoms with van der Waals surface area (Å²) in [6, 6.07) is 3.11. The van der Waals surface area contributed by atoms with Crippen LogP contribution in [0.1, 0.15) is 22.8 Å². The number of aromatic nitrogens is 1. The molecule has 1 saturated carbocycles. The maximum atomic E-state index is 11.9. The van der Waals surface area contributed by atoms with Gasteiger partial charge in [0.25, 0.3) is 5.91 Å². The molecule has 110 valence electrons. The SMILES string of the molecule is CN(C)C(=O)c1ccc[n+](C2CC(CO)C(O)C2O)c1. The van der Waals surface area contributed by atoms with Crippen molar-refractivity contribution in [3.8, 4) is 0 Å². The molecule has 1 aromatic heterocycles. The van der Waals surface area contributed by atoms with Gasteiger partial charge in [-0.05, 0) is 6.07 Å². The zero-order chi connectivity index (χ0) is 14.9. The quantitative estimate of drug-likeness (QED) is 0.617. The molecule has 20 heavy (non-hydrogen) atoms. The van der Waals surface area contributed by atoms with Gasteiger partial charge < -0.3 is 20.2 Å². The molecule has 4 unspecified atom stereocenters. The molecule has 1 fully saturated rings. The minimum Gasteiger partial charge on any atom is -0.396 e. The molecule has 0 bridgehead atoms. The van der Waals surface area contributed by atoms with Gasteiger partial charge in [0.05, 0.1) is 6.10 Å². The summed E-state index contributed by atoms with van der Waals surface area (Å²) in [7, 11) is 3.35. The summed E-state index contributed by atoms with van der Waals surface area (Å²) in [5, 5.41) is 29.1. The smallest absolute Gasteiger partial charge is 0.259 e. The van der Waals surface area contributed by atoms with Crippen molar-refractivity contribution in [3.05, 3.63) is 30.1 Å². The molecule has 1 heterocycles. The number of pyridine rings is 1. The summed E-state index contributed by atoms with van der Waals surface area (Å²) < 4.78 is 1.74. The van der Waals surface area contributed by atoms with Crippen LogP contribution in [0.3, 0.4) is 0 Å². The van der Waals surface area contributed by atoms with E-state index in [1.54, 1.807) is 43.2 Å². The first-order valence-electron chi connectivity index (χ1n) is 6.65. The third-order valence-corrected chi connectivity index (χ3v) is 3.86. The van der Waals surface area contributed by atoms with Crippen LogP contribution in [0, 0.1) is 5.92 Å². The highest BCUT2D eigenvalue weighted by molar-refractivity contribution is 5.93. The predicted octanol–water partition coefficient (Wildman–Crippen LogP) is -1.05. The molecule has 0 aliphatic heterocycles. The van der Waals surface area contributed by atoms with Crippen molar-refractivity contribution in [3.63, 3.8) is 0 Å². The van der Waals surface area contributed by atoms with E-state index in [-0.39, 0.29) is 24.5 Å². The number of hydrogen-bond acceptors (Lipinski definition) is 4. The summed E-state index contributed by atoms with van der Waals surface area (Å²) in [4.78, 5) is 13.4. The second-order valence-corrected chi connectivity index (χ2v) is 5.47. The average molecular weight is 281 g/mol. The van der Waals surface area contributed by atoms with Crippen LogP contribution in [-0.4, -0.2) is 59.0 Å². The van der Waals surface area contributed by atoms with E-state index >= 15 is 0 Å². The highest BCUT2D eigenvalue weighted by Gasteiger charge is 2.46. The fourth-order valence-corrected chi connectivity index (χ4v) is 2.66. The summed E-state index contributed by atoms with van der Waals surface area (Å²) in [6.45, 7) is -0.161. The first-order valence-corrected chi connectivity index (χ1v) is 6.65. The molecule has 1 aliphatic rings. The van der Waals surface area contributed by atoms with Crippen molar-refractivity contribution in [2.75, 3.05) is 20.7 Å². The number of carbonyl (C=O) groups excluding carboxylic acids is 1. The van der Waals surface area contributed by atoms with Crippen molar-refractivity contribution in [2.24, 2.45) is 5.92 Å². The lowest BCUT2D eigenvalue weighted by atomic mass is 10.1. The van der Waals surface area contributed by atoms with Crippen LogP contribution >= 0.6 is 0 Å². The minimum absolute atomic E-state index is 0.119. The lowest BCUT2D eigenvalue weighted by Gasteiger charge is -2.14. The lowest BCUT2D eigenvalue weighted by Crippen LogP contribution is -2.46. The van der Waals surface area contributed by atoms with Gasteiger partial charge in [0.1, 0.15) is 11.7 Å². The van der Waals surface area contributed by atoms with Crippen LogP contribution in [0.25, 0.3) is 0 Å². The van der Waals surface area contributed by atoms with E-state index in [0.29, 0.717) is 12.0 Å². The summed E-state index contributed by atoms with van der Waals surface area (Å²) >= 11 is 0. The molecule has 0 radical (unpaired) electrons. The zero-order valence-corrected chi connectivity index (χ0v) is 11.7. The number of rotatable bonds is 3. The fraction of sp³-hybridized carbons (Fsp3) is 0.571. The number of aliphatic hydroxyl groups excluding tert-OH is 3. The van der Waals surface area contributed by atoms with Gasteiger partial charge in [-0.1, -0.05) is 0 Å². The third kappa shape index (κ3) is 2.67. The standard InChI is InChI=1S/C14H21N2O4/c1-15(2)14(20)9-4-3-5-16(7-9)11-6-10(8-17)12(18)13(11)19/h3-5,7,10-13,17-19H,6,8H2,1-2H3/q+1. The first kappa shape index (κ1) is 14.9. The maximum Gasteiger partial charge on any atom is 0.259 e. The van der Waals surface area contributed by atoms with Gasteiger partial charge >= 0.3 is 0 Å². The van der Waals surface area contributed by atoms with Crippen molar-refractivity contribution >= 4 is 5.91 Å². The Hall–Kier alpha value is -1.50. The molecular formula is C14H21N2O4+. The van der Waals surface area contributed by atoms with Crippen molar-refractivity contribution in [1.29, 1.82) is 0 Å². The topological polar surface area (TPSA) is 84.9 Å². The second kappa shape index (κ2) is 5.87. The van der Waals surface area contributed by atoms with Crippen LogP contribution in [0.15, 0.2) is 24.5 Å². The molecule has 1 amide bonds. The lowest BCUT2D eigenvalue weighted by molar-refractivity contribution is -0.728. The summed E-state index contributed by atoms with van der Waals surface area (Å²) in [5.41, 5.74) is 0.520. The Labute approximate surface area is 117 Å². The van der Waals surface area contributed by atoms with Gasteiger partial charge in [0.15, 0.2) is 18.4 Å². The van der Waals surface area contributed by atoms with E-state index in [2.05, 4.69) is 0 Å². The number of aliphatic hydroxyl groups is 3. The Kier molecular flexibility index (Phi) is 4.37. The number of amides is 1. The van der Waals surface area contributed by atoms with Crippen LogP contribution in [0.4, 0.5) is 0 Å². The van der Waals surface area contributed by atoms with Gasteiger partial charge in [0, 0.05) is 39.1 Å². The average Bonchev–Trinajstić information content (AvgIpc) is 2.74. The van der Waals surface area contributed by atoms with Crippen LogP contribution < -0.4 is 4.57 Å². The third-order valence-electron chi connectivity index (χ3n) is 3.86. The molecule has 4 atom stereocenters. The maximum absolute atomic E-state index is 11.9. The van der Waals surface area contributed by atoms with Crippen molar-refractivity contribution < 1.29 is 24.7 Å². The molecule has 6 nitrogen and oxygen atoms in total. The largest absolute Gasteiger partial charge is 0.396 e. The Morgan fingerprint density at radius 2 is 2.10 bits per heavy atom. The number of nitrogens with zero attached hydrogens (tertiary/aromatic N) is 2. The fourth-order valence-electron chi connectivity index (χ4n) is 2.66. The number of carbonyl (C=O) groups is 1. The van der Waals surface area contributed by atoms with E-state index in [0.717, 1.165) is 0 Å². The normalized spacial score (nSPS) is 29.4. The van der Waals surface area contributed by atoms with Gasteiger partial charge in [-0.2, -0.15) is 4.57 Å². The molecule has 0 saturated heterocycles. The van der Waals surface area contributed by atoms with Crippen LogP contribution in [0.5, 0.6) is 0 Å². The van der Waals surface area contributed by atoms with E-state index in [1.165, 1.54) is 4.90 Å². The Morgan fingerprint density at radius 1 is 1.40 bits per heavy atom. The number of hydrogen-bond donors (Lipinski definition) is 3. The Morgan fingerprint density at radius 3 is 2.65 bits per heavy atom. The summed E-state index contributed by atoms with van der Waals surface area (Å²) in [5.74, 6) is -0.457. The van der Waals surface area contributed by atoms with Gasteiger partial charge in [-0.15, -0.1) is 0 Å². The van der Waals surface area contributed by atoms with E-state index in [9.17, 15) is 20.1 Å². The monoisotopic (exact) mass is 281 g/mol. The molecule has 0 aromatic carbocycles.